The first-order valence-corrected chi connectivity index (χ1v) is 11.4. The van der Waals surface area contributed by atoms with Gasteiger partial charge in [-0.15, -0.1) is 10.2 Å². The number of carbonyl (C=O) groups excluding carboxylic acids is 1. The zero-order valence-electron chi connectivity index (χ0n) is 17.8. The van der Waals surface area contributed by atoms with Crippen LogP contribution in [0.2, 0.25) is 5.02 Å². The van der Waals surface area contributed by atoms with Crippen molar-refractivity contribution < 1.29 is 4.79 Å². The normalized spacial score (nSPS) is 17.6. The van der Waals surface area contributed by atoms with Crippen molar-refractivity contribution in [3.05, 3.63) is 59.9 Å². The molecule has 5 rings (SSSR count). The molecule has 0 bridgehead atoms. The number of halogens is 1. The predicted molar refractivity (Wildman–Crippen MR) is 124 cm³/mol. The lowest BCUT2D eigenvalue weighted by Gasteiger charge is -2.39. The Morgan fingerprint density at radius 1 is 0.844 bits per heavy atom. The average molecular weight is 452 g/mol. The second kappa shape index (κ2) is 9.16. The number of hydrogen-bond acceptors (Lipinski definition) is 6. The lowest BCUT2D eigenvalue weighted by atomic mass is 9.95. The summed E-state index contributed by atoms with van der Waals surface area (Å²) in [5.74, 6) is 1.90. The van der Waals surface area contributed by atoms with Crippen LogP contribution < -0.4 is 9.80 Å². The highest BCUT2D eigenvalue weighted by atomic mass is 35.5. The van der Waals surface area contributed by atoms with Gasteiger partial charge in [-0.05, 0) is 43.2 Å². The molecule has 0 unspecified atom stereocenters. The fourth-order valence-corrected chi connectivity index (χ4v) is 4.76. The molecule has 4 heterocycles. The average Bonchev–Trinajstić information content (AvgIpc) is 3.39. The van der Waals surface area contributed by atoms with Crippen molar-refractivity contribution in [3.63, 3.8) is 0 Å². The number of amides is 1. The van der Waals surface area contributed by atoms with Gasteiger partial charge in [-0.3, -0.25) is 4.79 Å². The van der Waals surface area contributed by atoms with Crippen molar-refractivity contribution in [2.24, 2.45) is 5.92 Å². The SMILES string of the molecule is O=C(C1CCN(c2ccc(-n3cccn3)nn2)CC1)N1CCN(c2ccccc2Cl)CC1. The number of aromatic nitrogens is 4. The Morgan fingerprint density at radius 2 is 1.56 bits per heavy atom. The summed E-state index contributed by atoms with van der Waals surface area (Å²) in [6.45, 7) is 4.73. The lowest BCUT2D eigenvalue weighted by molar-refractivity contribution is -0.136. The molecule has 0 radical (unpaired) electrons. The third-order valence-corrected chi connectivity index (χ3v) is 6.65. The van der Waals surface area contributed by atoms with E-state index in [4.69, 9.17) is 11.6 Å². The van der Waals surface area contributed by atoms with Crippen LogP contribution in [-0.4, -0.2) is 70.1 Å². The summed E-state index contributed by atoms with van der Waals surface area (Å²) in [4.78, 5) is 19.6. The molecule has 2 aliphatic rings. The molecule has 0 atom stereocenters. The minimum atomic E-state index is 0.0782. The number of para-hydroxylation sites is 1. The second-order valence-corrected chi connectivity index (χ2v) is 8.63. The smallest absolute Gasteiger partial charge is 0.225 e. The maximum absolute atomic E-state index is 13.1. The molecular formula is C23H26ClN7O. The van der Waals surface area contributed by atoms with Gasteiger partial charge in [0.05, 0.1) is 10.7 Å². The van der Waals surface area contributed by atoms with Crippen molar-refractivity contribution >= 4 is 29.0 Å². The van der Waals surface area contributed by atoms with Gasteiger partial charge >= 0.3 is 0 Å². The molecule has 2 aliphatic heterocycles. The summed E-state index contributed by atoms with van der Waals surface area (Å²) in [6.07, 6.45) is 5.24. The van der Waals surface area contributed by atoms with Crippen LogP contribution in [0.3, 0.4) is 0 Å². The van der Waals surface area contributed by atoms with Crippen LogP contribution in [0.1, 0.15) is 12.8 Å². The van der Waals surface area contributed by atoms with Crippen LogP contribution in [-0.2, 0) is 4.79 Å². The van der Waals surface area contributed by atoms with Gasteiger partial charge in [0.1, 0.15) is 0 Å². The van der Waals surface area contributed by atoms with Crippen LogP contribution >= 0.6 is 11.6 Å². The molecule has 0 saturated carbocycles. The van der Waals surface area contributed by atoms with Crippen molar-refractivity contribution in [2.45, 2.75) is 12.8 Å². The monoisotopic (exact) mass is 451 g/mol. The van der Waals surface area contributed by atoms with Gasteiger partial charge in [-0.2, -0.15) is 5.10 Å². The maximum atomic E-state index is 13.1. The standard InChI is InChI=1S/C23H26ClN7O/c24-19-4-1-2-5-20(19)28-14-16-30(17-15-28)23(32)18-8-12-29(13-9-18)21-6-7-22(27-26-21)31-11-3-10-25-31/h1-7,10-11,18H,8-9,12-17H2. The van der Waals surface area contributed by atoms with E-state index in [0.29, 0.717) is 5.82 Å². The molecule has 1 amide bonds. The summed E-state index contributed by atoms with van der Waals surface area (Å²) in [5.41, 5.74) is 1.05. The van der Waals surface area contributed by atoms with Crippen LogP contribution in [0.4, 0.5) is 11.5 Å². The molecule has 1 aromatic carbocycles. The minimum absolute atomic E-state index is 0.0782. The molecule has 2 aromatic heterocycles. The molecule has 0 N–H and O–H groups in total. The van der Waals surface area contributed by atoms with E-state index in [2.05, 4.69) is 25.1 Å². The Kier molecular flexibility index (Phi) is 5.94. The summed E-state index contributed by atoms with van der Waals surface area (Å²) >= 11 is 6.34. The number of piperazine rings is 1. The van der Waals surface area contributed by atoms with E-state index in [0.717, 1.165) is 68.6 Å². The van der Waals surface area contributed by atoms with Crippen molar-refractivity contribution in [1.29, 1.82) is 0 Å². The third-order valence-electron chi connectivity index (χ3n) is 6.33. The molecule has 166 valence electrons. The fraction of sp³-hybridized carbons (Fsp3) is 0.391. The zero-order chi connectivity index (χ0) is 21.9. The molecule has 2 fully saturated rings. The highest BCUT2D eigenvalue weighted by Crippen LogP contribution is 2.28. The second-order valence-electron chi connectivity index (χ2n) is 8.23. The molecule has 0 spiro atoms. The van der Waals surface area contributed by atoms with Gasteiger partial charge in [0.25, 0.3) is 0 Å². The summed E-state index contributed by atoms with van der Waals surface area (Å²) in [7, 11) is 0. The van der Waals surface area contributed by atoms with Gasteiger partial charge in [-0.25, -0.2) is 4.68 Å². The lowest BCUT2D eigenvalue weighted by Crippen LogP contribution is -2.51. The molecule has 9 heteroatoms. The number of nitrogens with zero attached hydrogens (tertiary/aromatic N) is 7. The van der Waals surface area contributed by atoms with E-state index in [-0.39, 0.29) is 11.8 Å². The van der Waals surface area contributed by atoms with E-state index < -0.39 is 0 Å². The van der Waals surface area contributed by atoms with Gasteiger partial charge in [0, 0.05) is 57.6 Å². The summed E-state index contributed by atoms with van der Waals surface area (Å²) < 4.78 is 1.69. The Morgan fingerprint density at radius 3 is 2.22 bits per heavy atom. The number of carbonyl (C=O) groups is 1. The minimum Gasteiger partial charge on any atom is -0.367 e. The van der Waals surface area contributed by atoms with Crippen LogP contribution in [0.5, 0.6) is 0 Å². The van der Waals surface area contributed by atoms with Crippen LogP contribution in [0.25, 0.3) is 5.82 Å². The number of benzene rings is 1. The van der Waals surface area contributed by atoms with Gasteiger partial charge in [0.2, 0.25) is 5.91 Å². The molecule has 2 saturated heterocycles. The van der Waals surface area contributed by atoms with Crippen molar-refractivity contribution in [2.75, 3.05) is 49.1 Å². The van der Waals surface area contributed by atoms with E-state index in [9.17, 15) is 4.79 Å². The largest absolute Gasteiger partial charge is 0.367 e. The van der Waals surface area contributed by atoms with E-state index in [1.54, 1.807) is 10.9 Å². The van der Waals surface area contributed by atoms with Gasteiger partial charge in [0.15, 0.2) is 11.6 Å². The Balaban J connectivity index is 1.13. The molecule has 32 heavy (non-hydrogen) atoms. The Hall–Kier alpha value is -3.13. The molecular weight excluding hydrogens is 426 g/mol. The number of piperidine rings is 1. The zero-order valence-corrected chi connectivity index (χ0v) is 18.6. The van der Waals surface area contributed by atoms with Crippen LogP contribution in [0, 0.1) is 5.92 Å². The van der Waals surface area contributed by atoms with Crippen molar-refractivity contribution in [1.82, 2.24) is 24.9 Å². The Bertz CT molecular complexity index is 1040. The third kappa shape index (κ3) is 4.27. The number of rotatable bonds is 4. The topological polar surface area (TPSA) is 70.4 Å². The maximum Gasteiger partial charge on any atom is 0.225 e. The molecule has 8 nitrogen and oxygen atoms in total. The predicted octanol–water partition coefficient (Wildman–Crippen LogP) is 2.88. The van der Waals surface area contributed by atoms with E-state index in [1.165, 1.54) is 0 Å². The highest BCUT2D eigenvalue weighted by molar-refractivity contribution is 6.33. The Labute approximate surface area is 192 Å². The first kappa shape index (κ1) is 20.8. The first-order chi connectivity index (χ1) is 15.7. The first-order valence-electron chi connectivity index (χ1n) is 11.1. The quantitative estimate of drug-likeness (QED) is 0.607. The van der Waals surface area contributed by atoms with E-state index >= 15 is 0 Å². The van der Waals surface area contributed by atoms with Crippen molar-refractivity contribution in [3.8, 4) is 5.82 Å². The number of hydrogen-bond donors (Lipinski definition) is 0. The summed E-state index contributed by atoms with van der Waals surface area (Å²) in [5, 5.41) is 13.6. The van der Waals surface area contributed by atoms with Gasteiger partial charge in [-0.1, -0.05) is 23.7 Å². The molecule has 0 aliphatic carbocycles. The van der Waals surface area contributed by atoms with Crippen LogP contribution in [0.15, 0.2) is 54.9 Å². The van der Waals surface area contributed by atoms with E-state index in [1.807, 2.05) is 53.6 Å². The highest BCUT2D eigenvalue weighted by Gasteiger charge is 2.31. The molecule has 3 aromatic rings. The van der Waals surface area contributed by atoms with Gasteiger partial charge < -0.3 is 14.7 Å². The number of anilines is 2. The fourth-order valence-electron chi connectivity index (χ4n) is 4.50. The summed E-state index contributed by atoms with van der Waals surface area (Å²) in [6, 6.07) is 13.6.